The molecule has 1 saturated heterocycles. The second kappa shape index (κ2) is 4.52. The molecule has 0 atom stereocenters. The van der Waals surface area contributed by atoms with E-state index in [1.165, 1.54) is 16.7 Å². The predicted molar refractivity (Wildman–Crippen MR) is 57.4 cm³/mol. The van der Waals surface area contributed by atoms with Crippen molar-refractivity contribution in [1.82, 2.24) is 14.5 Å². The molecule has 0 spiro atoms. The average Bonchev–Trinajstić information content (AvgIpc) is 2.83. The fourth-order valence-electron chi connectivity index (χ4n) is 1.79. The molecule has 0 aliphatic carbocycles. The maximum atomic E-state index is 12.1. The summed E-state index contributed by atoms with van der Waals surface area (Å²) in [6.45, 7) is 1.24. The second-order valence-corrected chi connectivity index (χ2v) is 5.80. The third kappa shape index (κ3) is 2.11. The van der Waals surface area contributed by atoms with Gasteiger partial charge < -0.3 is 4.74 Å². The van der Waals surface area contributed by atoms with Gasteiger partial charge in [-0.2, -0.15) is 9.40 Å². The van der Waals surface area contributed by atoms with Crippen LogP contribution in [0.1, 0.15) is 12.8 Å². The van der Waals surface area contributed by atoms with Crippen molar-refractivity contribution in [3.05, 3.63) is 12.4 Å². The standard InChI is InChI=1S/C9H15N3O3S/c1-12(8-2-4-15-5-3-8)16(13,14)9-6-10-11-7-9/h6-8H,2-5H2,1H3,(H,10,11). The molecule has 0 aromatic carbocycles. The number of hydrogen-bond donors (Lipinski definition) is 1. The topological polar surface area (TPSA) is 75.3 Å². The van der Waals surface area contributed by atoms with Gasteiger partial charge in [-0.1, -0.05) is 0 Å². The highest BCUT2D eigenvalue weighted by atomic mass is 32.2. The van der Waals surface area contributed by atoms with E-state index in [1.807, 2.05) is 0 Å². The summed E-state index contributed by atoms with van der Waals surface area (Å²) >= 11 is 0. The van der Waals surface area contributed by atoms with Gasteiger partial charge in [0.05, 0.1) is 6.20 Å². The highest BCUT2D eigenvalue weighted by molar-refractivity contribution is 7.89. The molecule has 2 rings (SSSR count). The number of aromatic nitrogens is 2. The van der Waals surface area contributed by atoms with Crippen LogP contribution in [0.3, 0.4) is 0 Å². The molecule has 0 amide bonds. The molecule has 0 radical (unpaired) electrons. The van der Waals surface area contributed by atoms with E-state index in [1.54, 1.807) is 7.05 Å². The average molecular weight is 245 g/mol. The third-order valence-electron chi connectivity index (χ3n) is 2.86. The fourth-order valence-corrected chi connectivity index (χ4v) is 3.11. The smallest absolute Gasteiger partial charge is 0.246 e. The molecular formula is C9H15N3O3S. The lowest BCUT2D eigenvalue weighted by Crippen LogP contribution is -2.40. The summed E-state index contributed by atoms with van der Waals surface area (Å²) in [4.78, 5) is 0.210. The molecule has 7 heteroatoms. The maximum Gasteiger partial charge on any atom is 0.246 e. The van der Waals surface area contributed by atoms with Gasteiger partial charge in [0.1, 0.15) is 4.90 Å². The molecule has 1 aliphatic rings. The Morgan fingerprint density at radius 1 is 1.50 bits per heavy atom. The van der Waals surface area contributed by atoms with Crippen molar-refractivity contribution in [3.8, 4) is 0 Å². The van der Waals surface area contributed by atoms with Crippen LogP contribution in [-0.2, 0) is 14.8 Å². The number of ether oxygens (including phenoxy) is 1. The first-order valence-electron chi connectivity index (χ1n) is 5.17. The lowest BCUT2D eigenvalue weighted by atomic mass is 10.1. The SMILES string of the molecule is CN(C1CCOCC1)S(=O)(=O)c1cn[nH]c1. The Hall–Kier alpha value is -0.920. The number of sulfonamides is 1. The summed E-state index contributed by atoms with van der Waals surface area (Å²) in [5.41, 5.74) is 0. The Balaban J connectivity index is 2.17. The van der Waals surface area contributed by atoms with Gasteiger partial charge in [0.2, 0.25) is 10.0 Å². The van der Waals surface area contributed by atoms with Gasteiger partial charge in [-0.25, -0.2) is 8.42 Å². The molecule has 6 nitrogen and oxygen atoms in total. The van der Waals surface area contributed by atoms with Crippen molar-refractivity contribution >= 4 is 10.0 Å². The first-order chi connectivity index (χ1) is 7.62. The van der Waals surface area contributed by atoms with Gasteiger partial charge in [-0.05, 0) is 12.8 Å². The van der Waals surface area contributed by atoms with Crippen molar-refractivity contribution in [3.63, 3.8) is 0 Å². The molecule has 16 heavy (non-hydrogen) atoms. The Morgan fingerprint density at radius 3 is 2.75 bits per heavy atom. The van der Waals surface area contributed by atoms with Crippen molar-refractivity contribution in [2.75, 3.05) is 20.3 Å². The minimum Gasteiger partial charge on any atom is -0.381 e. The van der Waals surface area contributed by atoms with Crippen molar-refractivity contribution < 1.29 is 13.2 Å². The van der Waals surface area contributed by atoms with Crippen LogP contribution in [0.2, 0.25) is 0 Å². The number of nitrogens with zero attached hydrogens (tertiary/aromatic N) is 2. The van der Waals surface area contributed by atoms with E-state index >= 15 is 0 Å². The number of H-pyrrole nitrogens is 1. The monoisotopic (exact) mass is 245 g/mol. The molecule has 1 aromatic heterocycles. The van der Waals surface area contributed by atoms with Crippen LogP contribution < -0.4 is 0 Å². The predicted octanol–water partition coefficient (Wildman–Crippen LogP) is 0.209. The van der Waals surface area contributed by atoms with E-state index in [-0.39, 0.29) is 10.9 Å². The normalized spacial score (nSPS) is 19.1. The summed E-state index contributed by atoms with van der Waals surface area (Å²) in [7, 11) is -1.80. The molecule has 1 aromatic rings. The number of rotatable bonds is 3. The van der Waals surface area contributed by atoms with Crippen LogP contribution in [0, 0.1) is 0 Å². The summed E-state index contributed by atoms with van der Waals surface area (Å²) in [6, 6.07) is 0.0219. The minimum absolute atomic E-state index is 0.0219. The van der Waals surface area contributed by atoms with E-state index in [0.29, 0.717) is 13.2 Å². The molecule has 0 saturated carbocycles. The van der Waals surface area contributed by atoms with Gasteiger partial charge in [-0.3, -0.25) is 5.10 Å². The molecule has 1 aliphatic heterocycles. The Morgan fingerprint density at radius 2 is 2.19 bits per heavy atom. The van der Waals surface area contributed by atoms with Crippen molar-refractivity contribution in [2.24, 2.45) is 0 Å². The first-order valence-corrected chi connectivity index (χ1v) is 6.61. The summed E-state index contributed by atoms with van der Waals surface area (Å²) in [5.74, 6) is 0. The molecular weight excluding hydrogens is 230 g/mol. The first kappa shape index (κ1) is 11.6. The Bertz CT molecular complexity index is 423. The molecule has 2 heterocycles. The van der Waals surface area contributed by atoms with Crippen molar-refractivity contribution in [1.29, 1.82) is 0 Å². The van der Waals surface area contributed by atoms with Gasteiger partial charge >= 0.3 is 0 Å². The zero-order chi connectivity index (χ0) is 11.6. The van der Waals surface area contributed by atoms with Crippen LogP contribution in [0.5, 0.6) is 0 Å². The zero-order valence-electron chi connectivity index (χ0n) is 9.09. The van der Waals surface area contributed by atoms with E-state index in [4.69, 9.17) is 4.74 Å². The zero-order valence-corrected chi connectivity index (χ0v) is 9.90. The Kier molecular flexibility index (Phi) is 3.27. The maximum absolute atomic E-state index is 12.1. The number of hydrogen-bond acceptors (Lipinski definition) is 4. The van der Waals surface area contributed by atoms with Gasteiger partial charge in [-0.15, -0.1) is 0 Å². The summed E-state index contributed by atoms with van der Waals surface area (Å²) in [5, 5.41) is 6.17. The highest BCUT2D eigenvalue weighted by Crippen LogP contribution is 2.20. The minimum atomic E-state index is -3.41. The van der Waals surface area contributed by atoms with Crippen LogP contribution in [0.15, 0.2) is 17.3 Å². The molecule has 0 unspecified atom stereocenters. The van der Waals surface area contributed by atoms with Crippen molar-refractivity contribution in [2.45, 2.75) is 23.8 Å². The third-order valence-corrected chi connectivity index (χ3v) is 4.73. The quantitative estimate of drug-likeness (QED) is 0.826. The van der Waals surface area contributed by atoms with E-state index < -0.39 is 10.0 Å². The van der Waals surface area contributed by atoms with Crippen LogP contribution >= 0.6 is 0 Å². The number of nitrogens with one attached hydrogen (secondary N) is 1. The molecule has 1 N–H and O–H groups in total. The van der Waals surface area contributed by atoms with Crippen LogP contribution in [0.25, 0.3) is 0 Å². The lowest BCUT2D eigenvalue weighted by molar-refractivity contribution is 0.0632. The summed E-state index contributed by atoms with van der Waals surface area (Å²) in [6.07, 6.45) is 4.21. The molecule has 0 bridgehead atoms. The summed E-state index contributed by atoms with van der Waals surface area (Å²) < 4.78 is 30.9. The van der Waals surface area contributed by atoms with Gasteiger partial charge in [0.15, 0.2) is 0 Å². The Labute approximate surface area is 94.6 Å². The fraction of sp³-hybridized carbons (Fsp3) is 0.667. The van der Waals surface area contributed by atoms with Gasteiger partial charge in [0, 0.05) is 32.5 Å². The lowest BCUT2D eigenvalue weighted by Gasteiger charge is -2.29. The van der Waals surface area contributed by atoms with Crippen LogP contribution in [-0.4, -0.2) is 49.2 Å². The van der Waals surface area contributed by atoms with E-state index in [2.05, 4.69) is 10.2 Å². The largest absolute Gasteiger partial charge is 0.381 e. The van der Waals surface area contributed by atoms with E-state index in [0.717, 1.165) is 12.8 Å². The number of aromatic amines is 1. The highest BCUT2D eigenvalue weighted by Gasteiger charge is 2.29. The molecule has 1 fully saturated rings. The van der Waals surface area contributed by atoms with Gasteiger partial charge in [0.25, 0.3) is 0 Å². The molecule has 90 valence electrons. The second-order valence-electron chi connectivity index (χ2n) is 3.80. The van der Waals surface area contributed by atoms with Crippen LogP contribution in [0.4, 0.5) is 0 Å². The van der Waals surface area contributed by atoms with E-state index in [9.17, 15) is 8.42 Å².